The maximum atomic E-state index is 5.87. The maximum absolute atomic E-state index is 5.87. The van der Waals surface area contributed by atoms with Crippen LogP contribution in [-0.2, 0) is 26.2 Å². The first-order valence-electron chi connectivity index (χ1n) is 11.8. The maximum Gasteiger partial charge on any atom is 0.142 e. The molecule has 3 aromatic carbocycles. The highest BCUT2D eigenvalue weighted by atomic mass is 16.5. The van der Waals surface area contributed by atoms with E-state index in [0.29, 0.717) is 13.5 Å². The SMILES string of the molecule is CC.CC.c1ccc2c(c1)CN(Cc1ccc(CN3COc4ccccc4C3)cc1)CO2. The van der Waals surface area contributed by atoms with Crippen LogP contribution in [0, 0.1) is 0 Å². The number of ether oxygens (including phenoxy) is 2. The Hall–Kier alpha value is -2.82. The first kappa shape index (κ1) is 23.8. The monoisotopic (exact) mass is 432 g/mol. The molecule has 0 atom stereocenters. The van der Waals surface area contributed by atoms with Gasteiger partial charge in [0.05, 0.1) is 0 Å². The van der Waals surface area contributed by atoms with E-state index < -0.39 is 0 Å². The number of benzene rings is 3. The highest BCUT2D eigenvalue weighted by Crippen LogP contribution is 2.26. The van der Waals surface area contributed by atoms with Crippen molar-refractivity contribution in [1.82, 2.24) is 9.80 Å². The number of hydrogen-bond donors (Lipinski definition) is 0. The van der Waals surface area contributed by atoms with Gasteiger partial charge in [-0.2, -0.15) is 0 Å². The van der Waals surface area contributed by atoms with Gasteiger partial charge in [0.1, 0.15) is 25.0 Å². The van der Waals surface area contributed by atoms with Crippen LogP contribution in [0.4, 0.5) is 0 Å². The summed E-state index contributed by atoms with van der Waals surface area (Å²) in [7, 11) is 0. The summed E-state index contributed by atoms with van der Waals surface area (Å²) in [6.45, 7) is 12.9. The van der Waals surface area contributed by atoms with Gasteiger partial charge in [0, 0.05) is 37.3 Å². The lowest BCUT2D eigenvalue weighted by molar-refractivity contribution is 0.0878. The summed E-state index contributed by atoms with van der Waals surface area (Å²) in [5, 5.41) is 0. The Morgan fingerprint density at radius 1 is 0.562 bits per heavy atom. The van der Waals surface area contributed by atoms with Gasteiger partial charge in [-0.15, -0.1) is 0 Å². The van der Waals surface area contributed by atoms with Crippen LogP contribution in [0.5, 0.6) is 11.5 Å². The molecule has 0 amide bonds. The Bertz CT molecular complexity index is 877. The van der Waals surface area contributed by atoms with Crippen molar-refractivity contribution < 1.29 is 9.47 Å². The van der Waals surface area contributed by atoms with Gasteiger partial charge in [0.2, 0.25) is 0 Å². The van der Waals surface area contributed by atoms with Gasteiger partial charge in [0.25, 0.3) is 0 Å². The summed E-state index contributed by atoms with van der Waals surface area (Å²) in [4.78, 5) is 4.65. The quantitative estimate of drug-likeness (QED) is 0.473. The van der Waals surface area contributed by atoms with Gasteiger partial charge in [-0.25, -0.2) is 0 Å². The third-order valence-corrected chi connectivity index (χ3v) is 5.37. The molecule has 4 nitrogen and oxygen atoms in total. The van der Waals surface area contributed by atoms with E-state index in [1.165, 1.54) is 22.3 Å². The summed E-state index contributed by atoms with van der Waals surface area (Å²) < 4.78 is 11.7. The lowest BCUT2D eigenvalue weighted by Gasteiger charge is -2.29. The van der Waals surface area contributed by atoms with Crippen molar-refractivity contribution in [2.75, 3.05) is 13.5 Å². The zero-order valence-electron chi connectivity index (χ0n) is 19.9. The van der Waals surface area contributed by atoms with Gasteiger partial charge >= 0.3 is 0 Å². The molecule has 0 saturated carbocycles. The van der Waals surface area contributed by atoms with Crippen LogP contribution >= 0.6 is 0 Å². The number of fused-ring (bicyclic) bond motifs is 2. The number of nitrogens with zero attached hydrogens (tertiary/aromatic N) is 2. The van der Waals surface area contributed by atoms with Gasteiger partial charge in [-0.3, -0.25) is 9.80 Å². The van der Waals surface area contributed by atoms with Gasteiger partial charge in [-0.05, 0) is 23.3 Å². The molecule has 0 aromatic heterocycles. The van der Waals surface area contributed by atoms with E-state index >= 15 is 0 Å². The molecule has 2 aliphatic rings. The first-order chi connectivity index (χ1) is 15.8. The molecule has 0 fully saturated rings. The van der Waals surface area contributed by atoms with Crippen molar-refractivity contribution >= 4 is 0 Å². The Balaban J connectivity index is 0.000000686. The van der Waals surface area contributed by atoms with Crippen LogP contribution < -0.4 is 9.47 Å². The van der Waals surface area contributed by atoms with Crippen LogP contribution in [0.3, 0.4) is 0 Å². The molecule has 5 rings (SSSR count). The molecular weight excluding hydrogens is 396 g/mol. The molecule has 2 heterocycles. The van der Waals surface area contributed by atoms with Crippen molar-refractivity contribution in [3.05, 3.63) is 95.1 Å². The normalized spacial score (nSPS) is 14.9. The Morgan fingerprint density at radius 2 is 0.938 bits per heavy atom. The lowest BCUT2D eigenvalue weighted by atomic mass is 10.1. The molecule has 0 unspecified atom stereocenters. The van der Waals surface area contributed by atoms with Crippen LogP contribution in [0.1, 0.15) is 49.9 Å². The van der Waals surface area contributed by atoms with Gasteiger partial charge in [-0.1, -0.05) is 88.4 Å². The third kappa shape index (κ3) is 6.12. The predicted octanol–water partition coefficient (Wildman–Crippen LogP) is 6.44. The number of hydrogen-bond acceptors (Lipinski definition) is 4. The average Bonchev–Trinajstić information content (AvgIpc) is 2.87. The number of para-hydroxylation sites is 2. The molecule has 3 aromatic rings. The Labute approximate surface area is 193 Å². The van der Waals surface area contributed by atoms with Crippen LogP contribution in [0.25, 0.3) is 0 Å². The minimum Gasteiger partial charge on any atom is -0.478 e. The van der Waals surface area contributed by atoms with Gasteiger partial charge < -0.3 is 9.47 Å². The van der Waals surface area contributed by atoms with Crippen LogP contribution in [0.15, 0.2) is 72.8 Å². The molecule has 0 bridgehead atoms. The largest absolute Gasteiger partial charge is 0.478 e. The summed E-state index contributed by atoms with van der Waals surface area (Å²) in [5.74, 6) is 2.03. The molecular formula is C28H36N2O2. The molecule has 32 heavy (non-hydrogen) atoms. The van der Waals surface area contributed by atoms with E-state index in [0.717, 1.165) is 37.7 Å². The summed E-state index contributed by atoms with van der Waals surface area (Å²) in [6, 6.07) is 25.5. The summed E-state index contributed by atoms with van der Waals surface area (Å²) in [6.07, 6.45) is 0. The fourth-order valence-corrected chi connectivity index (χ4v) is 3.91. The molecule has 2 aliphatic heterocycles. The van der Waals surface area contributed by atoms with E-state index in [4.69, 9.17) is 9.47 Å². The van der Waals surface area contributed by atoms with E-state index in [-0.39, 0.29) is 0 Å². The van der Waals surface area contributed by atoms with Crippen molar-refractivity contribution in [2.45, 2.75) is 53.9 Å². The van der Waals surface area contributed by atoms with Crippen molar-refractivity contribution in [3.8, 4) is 11.5 Å². The molecule has 0 radical (unpaired) electrons. The zero-order chi connectivity index (χ0) is 22.8. The first-order valence-corrected chi connectivity index (χ1v) is 11.8. The molecule has 0 N–H and O–H groups in total. The second kappa shape index (κ2) is 12.3. The van der Waals surface area contributed by atoms with Gasteiger partial charge in [0.15, 0.2) is 0 Å². The average molecular weight is 433 g/mol. The Kier molecular flexibility index (Phi) is 9.14. The molecule has 4 heteroatoms. The number of rotatable bonds is 4. The smallest absolute Gasteiger partial charge is 0.142 e. The molecule has 0 spiro atoms. The van der Waals surface area contributed by atoms with Crippen molar-refractivity contribution in [3.63, 3.8) is 0 Å². The molecule has 170 valence electrons. The minimum absolute atomic E-state index is 0.642. The molecule has 0 saturated heterocycles. The standard InChI is InChI=1S/C24H24N2O2.2C2H6/c1-3-7-23-21(5-1)15-25(17-27-23)13-19-9-11-20(12-10-19)14-26-16-22-6-2-4-8-24(22)28-18-26;2*1-2/h1-12H,13-18H2;2*1-2H3. The third-order valence-electron chi connectivity index (χ3n) is 5.37. The van der Waals surface area contributed by atoms with E-state index in [2.05, 4.69) is 58.3 Å². The second-order valence-electron chi connectivity index (χ2n) is 7.55. The highest BCUT2D eigenvalue weighted by Gasteiger charge is 2.18. The van der Waals surface area contributed by atoms with Crippen molar-refractivity contribution in [1.29, 1.82) is 0 Å². The summed E-state index contributed by atoms with van der Waals surface area (Å²) >= 11 is 0. The lowest BCUT2D eigenvalue weighted by Crippen LogP contribution is -2.32. The predicted molar refractivity (Wildman–Crippen MR) is 132 cm³/mol. The zero-order valence-corrected chi connectivity index (χ0v) is 19.9. The van der Waals surface area contributed by atoms with E-state index in [9.17, 15) is 0 Å². The van der Waals surface area contributed by atoms with E-state index in [1.54, 1.807) is 0 Å². The Morgan fingerprint density at radius 3 is 1.34 bits per heavy atom. The van der Waals surface area contributed by atoms with Crippen molar-refractivity contribution in [2.24, 2.45) is 0 Å². The topological polar surface area (TPSA) is 24.9 Å². The van der Waals surface area contributed by atoms with E-state index in [1.807, 2.05) is 52.0 Å². The second-order valence-corrected chi connectivity index (χ2v) is 7.55. The summed E-state index contributed by atoms with van der Waals surface area (Å²) in [5.41, 5.74) is 5.14. The minimum atomic E-state index is 0.642. The van der Waals surface area contributed by atoms with Crippen LogP contribution in [-0.4, -0.2) is 23.3 Å². The fourth-order valence-electron chi connectivity index (χ4n) is 3.91. The molecule has 0 aliphatic carbocycles. The fraction of sp³-hybridized carbons (Fsp3) is 0.357. The van der Waals surface area contributed by atoms with Crippen LogP contribution in [0.2, 0.25) is 0 Å². The highest BCUT2D eigenvalue weighted by molar-refractivity contribution is 5.35.